The molecule has 0 aliphatic heterocycles. The lowest BCUT2D eigenvalue weighted by Crippen LogP contribution is -2.50. The van der Waals surface area contributed by atoms with Gasteiger partial charge in [0.15, 0.2) is 6.09 Å². The number of nitrogens with zero attached hydrogens (tertiary/aromatic N) is 3. The highest BCUT2D eigenvalue weighted by molar-refractivity contribution is 7.89. The molecule has 0 fully saturated rings. The topological polar surface area (TPSA) is 95.3 Å². The Labute approximate surface area is 228 Å². The zero-order valence-electron chi connectivity index (χ0n) is 21.2. The largest absolute Gasteiger partial charge is 0.529 e. The van der Waals surface area contributed by atoms with Crippen molar-refractivity contribution in [2.75, 3.05) is 0 Å². The monoisotopic (exact) mass is 578 g/mol. The highest BCUT2D eigenvalue weighted by Gasteiger charge is 2.34. The number of alkyl halides is 3. The first-order valence-electron chi connectivity index (χ1n) is 11.9. The molecular formula is C27H24ClF3N3O4S-. The van der Waals surface area contributed by atoms with Gasteiger partial charge in [0.1, 0.15) is 5.82 Å². The standard InChI is InChI=1S/C27H25ClF3N3O4S/c1-4-25-32-23-14-21(27(29,30)31)22(28)15-24(23)33(25)19-9-7-18(8-10-19)13-17(3)34(26(35)36)39(37,38)20-11-5-16(2)6-12-20/h5-12,14-15,17H,4,13H2,1-3H3,(H,35,36)/p-1/t17-/m1/s1. The van der Waals surface area contributed by atoms with Crippen molar-refractivity contribution in [1.82, 2.24) is 13.9 Å². The quantitative estimate of drug-likeness (QED) is 0.287. The molecule has 3 aromatic carbocycles. The van der Waals surface area contributed by atoms with Crippen molar-refractivity contribution in [2.24, 2.45) is 0 Å². The van der Waals surface area contributed by atoms with Crippen LogP contribution in [-0.2, 0) is 29.0 Å². The van der Waals surface area contributed by atoms with Crippen LogP contribution < -0.4 is 5.11 Å². The molecule has 7 nitrogen and oxygen atoms in total. The first-order valence-corrected chi connectivity index (χ1v) is 13.7. The van der Waals surface area contributed by atoms with Crippen molar-refractivity contribution in [1.29, 1.82) is 0 Å². The summed E-state index contributed by atoms with van der Waals surface area (Å²) in [6.45, 7) is 5.07. The van der Waals surface area contributed by atoms with Gasteiger partial charge in [-0.15, -0.1) is 0 Å². The van der Waals surface area contributed by atoms with E-state index in [9.17, 15) is 31.5 Å². The summed E-state index contributed by atoms with van der Waals surface area (Å²) in [6.07, 6.45) is -5.96. The molecule has 206 valence electrons. The van der Waals surface area contributed by atoms with E-state index in [1.807, 2.05) is 6.92 Å². The van der Waals surface area contributed by atoms with Crippen molar-refractivity contribution in [2.45, 2.75) is 50.7 Å². The van der Waals surface area contributed by atoms with Crippen molar-refractivity contribution in [3.8, 4) is 5.69 Å². The van der Waals surface area contributed by atoms with Crippen LogP contribution in [0.25, 0.3) is 16.7 Å². The van der Waals surface area contributed by atoms with E-state index >= 15 is 0 Å². The number of benzene rings is 3. The molecule has 1 amide bonds. The number of amides is 1. The Hall–Kier alpha value is -3.57. The minimum absolute atomic E-state index is 0.0609. The number of aromatic nitrogens is 2. The Balaban J connectivity index is 1.65. The third-order valence-corrected chi connectivity index (χ3v) is 8.53. The smallest absolute Gasteiger partial charge is 0.417 e. The molecule has 0 unspecified atom stereocenters. The van der Waals surface area contributed by atoms with Crippen LogP contribution in [0.3, 0.4) is 0 Å². The lowest BCUT2D eigenvalue weighted by Gasteiger charge is -2.30. The molecule has 1 aromatic heterocycles. The van der Waals surface area contributed by atoms with Crippen LogP contribution in [0.15, 0.2) is 65.6 Å². The van der Waals surface area contributed by atoms with Crippen molar-refractivity contribution in [3.63, 3.8) is 0 Å². The molecule has 1 atom stereocenters. The Morgan fingerprint density at radius 3 is 2.26 bits per heavy atom. The number of hydrogen-bond acceptors (Lipinski definition) is 5. The summed E-state index contributed by atoms with van der Waals surface area (Å²) < 4.78 is 68.1. The van der Waals surface area contributed by atoms with Crippen molar-refractivity contribution >= 4 is 38.8 Å². The zero-order valence-corrected chi connectivity index (χ0v) is 22.7. The highest BCUT2D eigenvalue weighted by atomic mass is 35.5. The molecule has 0 aliphatic rings. The van der Waals surface area contributed by atoms with Crippen LogP contribution in [0.5, 0.6) is 0 Å². The van der Waals surface area contributed by atoms with Gasteiger partial charge in [0.2, 0.25) is 0 Å². The van der Waals surface area contributed by atoms with E-state index in [1.54, 1.807) is 47.9 Å². The van der Waals surface area contributed by atoms with Crippen LogP contribution >= 0.6 is 11.6 Å². The normalized spacial score (nSPS) is 13.0. The molecule has 0 radical (unpaired) electrons. The molecule has 0 spiro atoms. The van der Waals surface area contributed by atoms with Crippen LogP contribution in [0, 0.1) is 6.92 Å². The van der Waals surface area contributed by atoms with Gasteiger partial charge < -0.3 is 9.90 Å². The summed E-state index contributed by atoms with van der Waals surface area (Å²) >= 11 is 5.96. The molecule has 0 aliphatic carbocycles. The number of imidazole rings is 1. The molecule has 0 bridgehead atoms. The van der Waals surface area contributed by atoms with E-state index in [1.165, 1.54) is 25.1 Å². The molecule has 39 heavy (non-hydrogen) atoms. The number of sulfonamides is 1. The molecular weight excluding hydrogens is 555 g/mol. The maximum atomic E-state index is 13.3. The number of rotatable bonds is 7. The summed E-state index contributed by atoms with van der Waals surface area (Å²) in [4.78, 5) is 16.1. The average Bonchev–Trinajstić information content (AvgIpc) is 3.20. The van der Waals surface area contributed by atoms with Gasteiger partial charge in [-0.05, 0) is 62.2 Å². The van der Waals surface area contributed by atoms with Gasteiger partial charge in [-0.2, -0.15) is 13.2 Å². The highest BCUT2D eigenvalue weighted by Crippen LogP contribution is 2.38. The number of carbonyl (C=O) groups excluding carboxylic acids is 1. The van der Waals surface area contributed by atoms with Crippen LogP contribution in [0.1, 0.15) is 36.4 Å². The summed E-state index contributed by atoms with van der Waals surface area (Å²) in [5.41, 5.74) is 1.64. The number of carboxylic acid groups (broad SMARTS) is 1. The number of fused-ring (bicyclic) bond motifs is 1. The molecule has 1 heterocycles. The molecule has 0 saturated carbocycles. The first-order chi connectivity index (χ1) is 18.2. The molecule has 0 N–H and O–H groups in total. The minimum Gasteiger partial charge on any atom is -0.529 e. The van der Waals surface area contributed by atoms with E-state index in [2.05, 4.69) is 4.98 Å². The fourth-order valence-electron chi connectivity index (χ4n) is 4.43. The van der Waals surface area contributed by atoms with E-state index in [0.717, 1.165) is 11.6 Å². The summed E-state index contributed by atoms with van der Waals surface area (Å²) in [7, 11) is -4.37. The Morgan fingerprint density at radius 1 is 1.10 bits per heavy atom. The average molecular weight is 579 g/mol. The zero-order chi connectivity index (χ0) is 28.7. The van der Waals surface area contributed by atoms with Gasteiger partial charge in [0.25, 0.3) is 10.0 Å². The molecule has 4 rings (SSSR count). The number of hydrogen-bond donors (Lipinski definition) is 0. The second kappa shape index (κ2) is 10.5. The fraction of sp³-hybridized carbons (Fsp3) is 0.259. The summed E-state index contributed by atoms with van der Waals surface area (Å²) in [5, 5.41) is 11.4. The maximum absolute atomic E-state index is 13.3. The Bertz CT molecular complexity index is 1630. The number of carbonyl (C=O) groups is 1. The summed E-state index contributed by atoms with van der Waals surface area (Å²) in [5.74, 6) is 0.522. The predicted molar refractivity (Wildman–Crippen MR) is 139 cm³/mol. The van der Waals surface area contributed by atoms with Gasteiger partial charge >= 0.3 is 6.18 Å². The summed E-state index contributed by atoms with van der Waals surface area (Å²) in [6, 6.07) is 13.8. The molecule has 4 aromatic rings. The van der Waals surface area contributed by atoms with Gasteiger partial charge in [0, 0.05) is 18.2 Å². The Morgan fingerprint density at radius 2 is 1.72 bits per heavy atom. The molecule has 0 saturated heterocycles. The van der Waals surface area contributed by atoms with Gasteiger partial charge in [-0.1, -0.05) is 48.4 Å². The van der Waals surface area contributed by atoms with E-state index in [0.29, 0.717) is 33.3 Å². The van der Waals surface area contributed by atoms with Crippen LogP contribution in [0.2, 0.25) is 5.02 Å². The van der Waals surface area contributed by atoms with Gasteiger partial charge in [-0.25, -0.2) is 17.7 Å². The van der Waals surface area contributed by atoms with Gasteiger partial charge in [0.05, 0.1) is 26.5 Å². The lowest BCUT2D eigenvalue weighted by molar-refractivity contribution is -0.260. The van der Waals surface area contributed by atoms with Crippen molar-refractivity contribution in [3.05, 3.63) is 88.2 Å². The lowest BCUT2D eigenvalue weighted by atomic mass is 10.1. The first kappa shape index (κ1) is 28.4. The van der Waals surface area contributed by atoms with Crippen LogP contribution in [-0.4, -0.2) is 34.4 Å². The fourth-order valence-corrected chi connectivity index (χ4v) is 6.15. The predicted octanol–water partition coefficient (Wildman–Crippen LogP) is 5.53. The minimum atomic E-state index is -4.62. The van der Waals surface area contributed by atoms with Gasteiger partial charge in [-0.3, -0.25) is 4.57 Å². The second-order valence-corrected chi connectivity index (χ2v) is 11.4. The number of halogens is 4. The van der Waals surface area contributed by atoms with E-state index in [4.69, 9.17) is 11.6 Å². The third kappa shape index (κ3) is 5.60. The second-order valence-electron chi connectivity index (χ2n) is 9.13. The third-order valence-electron chi connectivity index (χ3n) is 6.32. The maximum Gasteiger partial charge on any atom is 0.417 e. The molecule has 12 heteroatoms. The van der Waals surface area contributed by atoms with Crippen LogP contribution in [0.4, 0.5) is 18.0 Å². The SMILES string of the molecule is CCc1nc2cc(C(F)(F)F)c(Cl)cc2n1-c1ccc(C[C@@H](C)N(C(=O)[O-])S(=O)(=O)c2ccc(C)cc2)cc1. The number of aryl methyl sites for hydroxylation is 2. The van der Waals surface area contributed by atoms with E-state index in [-0.39, 0.29) is 16.8 Å². The van der Waals surface area contributed by atoms with Crippen molar-refractivity contribution < 1.29 is 31.5 Å². The van der Waals surface area contributed by atoms with E-state index < -0.39 is 38.9 Å². The Kier molecular flexibility index (Phi) is 7.68.